The van der Waals surface area contributed by atoms with Crippen molar-refractivity contribution in [1.82, 2.24) is 9.91 Å². The van der Waals surface area contributed by atoms with Crippen LogP contribution in [0.5, 0.6) is 0 Å². The molecule has 0 amide bonds. The number of hydrogen-bond acceptors (Lipinski definition) is 3. The molecule has 1 heterocycles. The van der Waals surface area contributed by atoms with Crippen LogP contribution in [0.1, 0.15) is 13.3 Å². The maximum absolute atomic E-state index is 10.1. The first-order valence-electron chi connectivity index (χ1n) is 3.69. The summed E-state index contributed by atoms with van der Waals surface area (Å²) in [5.41, 5.74) is 0. The fraction of sp³-hybridized carbons (Fsp3) is 0.833. The summed E-state index contributed by atoms with van der Waals surface area (Å²) < 4.78 is 0. The number of nitrogens with zero attached hydrogens (tertiary/aromatic N) is 3. The molecule has 5 heteroatoms. The molecule has 0 atom stereocenters. The standard InChI is InChI=1S/C6H11N3OS/c1-2-3-8-4-5-9(7-10)6(8)11/h2-5H2,1H3. The topological polar surface area (TPSA) is 35.9 Å². The summed E-state index contributed by atoms with van der Waals surface area (Å²) in [5.74, 6) is 0. The molecule has 0 spiro atoms. The fourth-order valence-corrected chi connectivity index (χ4v) is 1.43. The lowest BCUT2D eigenvalue weighted by molar-refractivity contribution is 0.465. The van der Waals surface area contributed by atoms with Gasteiger partial charge >= 0.3 is 0 Å². The van der Waals surface area contributed by atoms with E-state index in [4.69, 9.17) is 12.2 Å². The van der Waals surface area contributed by atoms with Crippen LogP contribution in [-0.2, 0) is 0 Å². The van der Waals surface area contributed by atoms with Crippen molar-refractivity contribution in [2.75, 3.05) is 19.6 Å². The highest BCUT2D eigenvalue weighted by molar-refractivity contribution is 7.80. The summed E-state index contributed by atoms with van der Waals surface area (Å²) in [6, 6.07) is 0. The van der Waals surface area contributed by atoms with Crippen LogP contribution in [0.15, 0.2) is 5.29 Å². The Morgan fingerprint density at radius 3 is 2.82 bits per heavy atom. The van der Waals surface area contributed by atoms with Gasteiger partial charge in [-0.3, -0.25) is 0 Å². The minimum atomic E-state index is 0.571. The zero-order valence-electron chi connectivity index (χ0n) is 6.49. The molecule has 1 fully saturated rings. The first-order valence-corrected chi connectivity index (χ1v) is 4.10. The third kappa shape index (κ3) is 1.65. The van der Waals surface area contributed by atoms with E-state index in [1.807, 2.05) is 4.90 Å². The molecule has 1 aliphatic rings. The summed E-state index contributed by atoms with van der Waals surface area (Å²) in [6.07, 6.45) is 1.05. The Morgan fingerprint density at radius 2 is 2.36 bits per heavy atom. The van der Waals surface area contributed by atoms with E-state index < -0.39 is 0 Å². The van der Waals surface area contributed by atoms with Gasteiger partial charge in [0.15, 0.2) is 5.11 Å². The Morgan fingerprint density at radius 1 is 1.64 bits per heavy atom. The molecule has 0 radical (unpaired) electrons. The molecule has 0 aromatic carbocycles. The van der Waals surface area contributed by atoms with Gasteiger partial charge in [-0.1, -0.05) is 6.92 Å². The molecular weight excluding hydrogens is 162 g/mol. The Kier molecular flexibility index (Phi) is 2.76. The SMILES string of the molecule is CCCN1CCN(N=O)C1=S. The lowest BCUT2D eigenvalue weighted by atomic mass is 10.4. The van der Waals surface area contributed by atoms with Crippen LogP contribution in [0.25, 0.3) is 0 Å². The van der Waals surface area contributed by atoms with E-state index >= 15 is 0 Å². The zero-order chi connectivity index (χ0) is 8.27. The van der Waals surface area contributed by atoms with Gasteiger partial charge in [-0.25, -0.2) is 5.01 Å². The van der Waals surface area contributed by atoms with Gasteiger partial charge in [0.25, 0.3) is 0 Å². The molecule has 1 rings (SSSR count). The van der Waals surface area contributed by atoms with Gasteiger partial charge in [-0.15, -0.1) is 4.91 Å². The minimum Gasteiger partial charge on any atom is -0.346 e. The molecule has 1 aliphatic heterocycles. The normalized spacial score (nSPS) is 17.7. The second-order valence-electron chi connectivity index (χ2n) is 2.47. The van der Waals surface area contributed by atoms with Crippen LogP contribution >= 0.6 is 12.2 Å². The lowest BCUT2D eigenvalue weighted by Crippen LogP contribution is -2.28. The third-order valence-corrected chi connectivity index (χ3v) is 2.13. The van der Waals surface area contributed by atoms with Crippen LogP contribution < -0.4 is 0 Å². The van der Waals surface area contributed by atoms with Crippen molar-refractivity contribution >= 4 is 17.3 Å². The van der Waals surface area contributed by atoms with Gasteiger partial charge in [0.2, 0.25) is 0 Å². The second-order valence-corrected chi connectivity index (χ2v) is 2.84. The van der Waals surface area contributed by atoms with Crippen LogP contribution in [0, 0.1) is 4.91 Å². The van der Waals surface area contributed by atoms with Gasteiger partial charge in [0.05, 0.1) is 11.8 Å². The van der Waals surface area contributed by atoms with Crippen LogP contribution in [0.2, 0.25) is 0 Å². The van der Waals surface area contributed by atoms with Crippen molar-refractivity contribution in [3.63, 3.8) is 0 Å². The Labute approximate surface area is 71.1 Å². The van der Waals surface area contributed by atoms with E-state index in [0.29, 0.717) is 11.7 Å². The summed E-state index contributed by atoms with van der Waals surface area (Å²) in [6.45, 7) is 4.48. The molecule has 0 aliphatic carbocycles. The maximum atomic E-state index is 10.1. The molecule has 0 N–H and O–H groups in total. The monoisotopic (exact) mass is 173 g/mol. The maximum Gasteiger partial charge on any atom is 0.195 e. The van der Waals surface area contributed by atoms with Gasteiger partial charge in [0.1, 0.15) is 0 Å². The van der Waals surface area contributed by atoms with E-state index in [1.54, 1.807) is 0 Å². The molecule has 0 bridgehead atoms. The van der Waals surface area contributed by atoms with E-state index in [9.17, 15) is 4.91 Å². The largest absolute Gasteiger partial charge is 0.346 e. The number of thiocarbonyl (C=S) groups is 1. The zero-order valence-corrected chi connectivity index (χ0v) is 7.30. The van der Waals surface area contributed by atoms with E-state index in [-0.39, 0.29) is 0 Å². The summed E-state index contributed by atoms with van der Waals surface area (Å²) in [5, 5.41) is 4.70. The molecule has 11 heavy (non-hydrogen) atoms. The highest BCUT2D eigenvalue weighted by Gasteiger charge is 2.24. The summed E-state index contributed by atoms with van der Waals surface area (Å²) in [7, 11) is 0. The van der Waals surface area contributed by atoms with Gasteiger partial charge < -0.3 is 4.90 Å². The van der Waals surface area contributed by atoms with Crippen molar-refractivity contribution < 1.29 is 0 Å². The highest BCUT2D eigenvalue weighted by atomic mass is 32.1. The smallest absolute Gasteiger partial charge is 0.195 e. The van der Waals surface area contributed by atoms with Crippen molar-refractivity contribution in [3.05, 3.63) is 4.91 Å². The van der Waals surface area contributed by atoms with Gasteiger partial charge in [-0.2, -0.15) is 0 Å². The van der Waals surface area contributed by atoms with E-state index in [1.165, 1.54) is 5.01 Å². The van der Waals surface area contributed by atoms with Crippen molar-refractivity contribution in [3.8, 4) is 0 Å². The summed E-state index contributed by atoms with van der Waals surface area (Å²) >= 11 is 4.98. The molecule has 0 aromatic rings. The molecule has 4 nitrogen and oxygen atoms in total. The lowest BCUT2D eigenvalue weighted by Gasteiger charge is -2.15. The minimum absolute atomic E-state index is 0.571. The number of hydrogen-bond donors (Lipinski definition) is 0. The Balaban J connectivity index is 2.48. The Hall–Kier alpha value is -0.710. The van der Waals surface area contributed by atoms with Crippen molar-refractivity contribution in [2.45, 2.75) is 13.3 Å². The number of rotatable bonds is 3. The van der Waals surface area contributed by atoms with Crippen molar-refractivity contribution in [2.24, 2.45) is 5.29 Å². The first-order chi connectivity index (χ1) is 5.29. The van der Waals surface area contributed by atoms with E-state index in [0.717, 1.165) is 19.5 Å². The molecule has 62 valence electrons. The molecule has 0 aromatic heterocycles. The molecule has 0 unspecified atom stereocenters. The highest BCUT2D eigenvalue weighted by Crippen LogP contribution is 2.08. The third-order valence-electron chi connectivity index (χ3n) is 1.67. The Bertz CT molecular complexity index is 173. The predicted molar refractivity (Wildman–Crippen MR) is 47.0 cm³/mol. The second kappa shape index (κ2) is 3.61. The molecule has 1 saturated heterocycles. The predicted octanol–water partition coefficient (Wildman–Crippen LogP) is 0.980. The van der Waals surface area contributed by atoms with Gasteiger partial charge in [-0.05, 0) is 18.6 Å². The summed E-state index contributed by atoms with van der Waals surface area (Å²) in [4.78, 5) is 12.1. The quantitative estimate of drug-likeness (QED) is 0.471. The first kappa shape index (κ1) is 8.39. The van der Waals surface area contributed by atoms with Crippen LogP contribution in [0.3, 0.4) is 0 Å². The van der Waals surface area contributed by atoms with Crippen LogP contribution in [-0.4, -0.2) is 34.7 Å². The molecule has 0 saturated carbocycles. The fourth-order valence-electron chi connectivity index (χ4n) is 1.12. The van der Waals surface area contributed by atoms with Gasteiger partial charge in [0, 0.05) is 13.1 Å². The van der Waals surface area contributed by atoms with Crippen molar-refractivity contribution in [1.29, 1.82) is 0 Å². The average Bonchev–Trinajstić information content (AvgIpc) is 2.34. The van der Waals surface area contributed by atoms with Crippen LogP contribution in [0.4, 0.5) is 0 Å². The molecular formula is C6H11N3OS. The number of nitroso groups, excluding NO2 is 1. The van der Waals surface area contributed by atoms with E-state index in [2.05, 4.69) is 12.2 Å². The average molecular weight is 173 g/mol.